The van der Waals surface area contributed by atoms with Crippen molar-refractivity contribution < 1.29 is 14.7 Å². The van der Waals surface area contributed by atoms with Crippen LogP contribution < -0.4 is 0 Å². The molecular formula is C13H14N2O3S. The minimum atomic E-state index is -0.960. The highest BCUT2D eigenvalue weighted by atomic mass is 32.2. The maximum absolute atomic E-state index is 10.9. The fraction of sp³-hybridized carbons (Fsp3) is 0.308. The lowest BCUT2D eigenvalue weighted by molar-refractivity contribution is -0.116. The van der Waals surface area contributed by atoms with E-state index in [9.17, 15) is 9.59 Å². The number of imidazole rings is 1. The lowest BCUT2D eigenvalue weighted by Gasteiger charge is -2.00. The van der Waals surface area contributed by atoms with Gasteiger partial charge in [0.1, 0.15) is 5.78 Å². The van der Waals surface area contributed by atoms with Crippen LogP contribution in [0.4, 0.5) is 0 Å². The molecule has 0 atom stereocenters. The second-order valence-corrected chi connectivity index (χ2v) is 5.32. The first kappa shape index (κ1) is 13.6. The molecule has 0 aliphatic heterocycles. The van der Waals surface area contributed by atoms with E-state index in [4.69, 9.17) is 5.11 Å². The number of carboxylic acid groups (broad SMARTS) is 1. The molecule has 0 aliphatic carbocycles. The Hall–Kier alpha value is -1.82. The van der Waals surface area contributed by atoms with Crippen molar-refractivity contribution in [1.29, 1.82) is 0 Å². The topological polar surface area (TPSA) is 72.2 Å². The van der Waals surface area contributed by atoms with E-state index >= 15 is 0 Å². The lowest BCUT2D eigenvalue weighted by atomic mass is 10.2. The minimum Gasteiger partial charge on any atom is -0.478 e. The predicted molar refractivity (Wildman–Crippen MR) is 73.7 cm³/mol. The number of hydrogen-bond donors (Lipinski definition) is 1. The third-order valence-corrected chi connectivity index (χ3v) is 3.80. The van der Waals surface area contributed by atoms with Gasteiger partial charge in [-0.15, -0.1) is 0 Å². The van der Waals surface area contributed by atoms with Crippen LogP contribution in [0.15, 0.2) is 23.4 Å². The molecule has 5 nitrogen and oxygen atoms in total. The zero-order valence-electron chi connectivity index (χ0n) is 10.7. The van der Waals surface area contributed by atoms with Gasteiger partial charge in [0.25, 0.3) is 0 Å². The molecular weight excluding hydrogens is 264 g/mol. The van der Waals surface area contributed by atoms with Gasteiger partial charge >= 0.3 is 5.97 Å². The first-order chi connectivity index (χ1) is 8.99. The number of carbonyl (C=O) groups is 2. The van der Waals surface area contributed by atoms with Crippen LogP contribution in [-0.2, 0) is 11.8 Å². The molecule has 1 heterocycles. The van der Waals surface area contributed by atoms with E-state index in [0.717, 1.165) is 10.7 Å². The van der Waals surface area contributed by atoms with Gasteiger partial charge in [-0.05, 0) is 25.1 Å². The number of Topliss-reactive ketones (excluding diaryl/α,β-unsaturated/α-hetero) is 1. The van der Waals surface area contributed by atoms with Crippen LogP contribution in [0.25, 0.3) is 11.0 Å². The third kappa shape index (κ3) is 2.96. The highest BCUT2D eigenvalue weighted by Crippen LogP contribution is 2.24. The SMILES string of the molecule is CC(=O)CCSc1nc2cc(C(=O)O)ccc2n1C. The summed E-state index contributed by atoms with van der Waals surface area (Å²) in [6, 6.07) is 4.88. The van der Waals surface area contributed by atoms with Crippen LogP contribution >= 0.6 is 11.8 Å². The zero-order valence-corrected chi connectivity index (χ0v) is 11.5. The molecule has 0 spiro atoms. The second kappa shape index (κ2) is 5.44. The Labute approximate surface area is 114 Å². The predicted octanol–water partition coefficient (Wildman–Crippen LogP) is 2.34. The van der Waals surface area contributed by atoms with Crippen LogP contribution in [0.2, 0.25) is 0 Å². The first-order valence-electron chi connectivity index (χ1n) is 5.81. The summed E-state index contributed by atoms with van der Waals surface area (Å²) in [5.41, 5.74) is 1.77. The van der Waals surface area contributed by atoms with Crippen molar-refractivity contribution in [3.8, 4) is 0 Å². The molecule has 2 rings (SSSR count). The fourth-order valence-corrected chi connectivity index (χ4v) is 2.75. The van der Waals surface area contributed by atoms with E-state index in [2.05, 4.69) is 4.98 Å². The van der Waals surface area contributed by atoms with Crippen LogP contribution in [0.3, 0.4) is 0 Å². The molecule has 1 aromatic carbocycles. The van der Waals surface area contributed by atoms with Gasteiger partial charge < -0.3 is 9.67 Å². The molecule has 0 aliphatic rings. The average Bonchev–Trinajstić information content (AvgIpc) is 2.65. The largest absolute Gasteiger partial charge is 0.478 e. The van der Waals surface area contributed by atoms with Crippen LogP contribution in [0, 0.1) is 0 Å². The Kier molecular flexibility index (Phi) is 3.90. The van der Waals surface area contributed by atoms with Crippen molar-refractivity contribution in [2.45, 2.75) is 18.5 Å². The number of aromatic nitrogens is 2. The number of nitrogens with zero attached hydrogens (tertiary/aromatic N) is 2. The summed E-state index contributed by atoms with van der Waals surface area (Å²) in [5.74, 6) is -0.129. The molecule has 0 bridgehead atoms. The summed E-state index contributed by atoms with van der Waals surface area (Å²) in [7, 11) is 1.88. The summed E-state index contributed by atoms with van der Waals surface area (Å²) in [5, 5.41) is 9.74. The number of ketones is 1. The number of carbonyl (C=O) groups excluding carboxylic acids is 1. The number of rotatable bonds is 5. The van der Waals surface area contributed by atoms with E-state index in [1.165, 1.54) is 11.8 Å². The molecule has 0 fully saturated rings. The van der Waals surface area contributed by atoms with E-state index < -0.39 is 5.97 Å². The van der Waals surface area contributed by atoms with Gasteiger partial charge in [0.05, 0.1) is 16.6 Å². The lowest BCUT2D eigenvalue weighted by Crippen LogP contribution is -1.96. The molecule has 6 heteroatoms. The standard InChI is InChI=1S/C13H14N2O3S/c1-8(16)5-6-19-13-14-10-7-9(12(17)18)3-4-11(10)15(13)2/h3-4,7H,5-6H2,1-2H3,(H,17,18). The Morgan fingerprint density at radius 2 is 2.16 bits per heavy atom. The highest BCUT2D eigenvalue weighted by molar-refractivity contribution is 7.99. The summed E-state index contributed by atoms with van der Waals surface area (Å²) < 4.78 is 1.91. The van der Waals surface area contributed by atoms with Crippen molar-refractivity contribution in [3.63, 3.8) is 0 Å². The van der Waals surface area contributed by atoms with Crippen molar-refractivity contribution in [2.75, 3.05) is 5.75 Å². The Morgan fingerprint density at radius 1 is 1.42 bits per heavy atom. The molecule has 0 radical (unpaired) electrons. The zero-order chi connectivity index (χ0) is 14.0. The molecule has 2 aromatic rings. The highest BCUT2D eigenvalue weighted by Gasteiger charge is 2.11. The fourth-order valence-electron chi connectivity index (χ4n) is 1.73. The Balaban J connectivity index is 2.28. The van der Waals surface area contributed by atoms with Gasteiger partial charge in [0, 0.05) is 19.2 Å². The van der Waals surface area contributed by atoms with Gasteiger partial charge in [0.15, 0.2) is 5.16 Å². The number of fused-ring (bicyclic) bond motifs is 1. The Bertz CT molecular complexity index is 649. The quantitative estimate of drug-likeness (QED) is 0.850. The number of carboxylic acids is 1. The van der Waals surface area contributed by atoms with Crippen molar-refractivity contribution in [1.82, 2.24) is 9.55 Å². The van der Waals surface area contributed by atoms with Crippen molar-refractivity contribution >= 4 is 34.5 Å². The molecule has 100 valence electrons. The average molecular weight is 278 g/mol. The maximum atomic E-state index is 10.9. The van der Waals surface area contributed by atoms with Gasteiger partial charge in [0.2, 0.25) is 0 Å². The molecule has 0 unspecified atom stereocenters. The summed E-state index contributed by atoms with van der Waals surface area (Å²) >= 11 is 1.50. The maximum Gasteiger partial charge on any atom is 0.335 e. The summed E-state index contributed by atoms with van der Waals surface area (Å²) in [4.78, 5) is 26.2. The minimum absolute atomic E-state index is 0.152. The summed E-state index contributed by atoms with van der Waals surface area (Å²) in [6.45, 7) is 1.56. The molecule has 19 heavy (non-hydrogen) atoms. The van der Waals surface area contributed by atoms with E-state index in [1.54, 1.807) is 25.1 Å². The van der Waals surface area contributed by atoms with Gasteiger partial charge in [-0.3, -0.25) is 4.79 Å². The number of hydrogen-bond acceptors (Lipinski definition) is 4. The first-order valence-corrected chi connectivity index (χ1v) is 6.79. The molecule has 0 saturated carbocycles. The van der Waals surface area contributed by atoms with E-state index in [0.29, 0.717) is 17.7 Å². The van der Waals surface area contributed by atoms with Gasteiger partial charge in [-0.1, -0.05) is 11.8 Å². The Morgan fingerprint density at radius 3 is 2.79 bits per heavy atom. The van der Waals surface area contributed by atoms with Crippen LogP contribution in [0.5, 0.6) is 0 Å². The smallest absolute Gasteiger partial charge is 0.335 e. The second-order valence-electron chi connectivity index (χ2n) is 4.26. The molecule has 0 amide bonds. The molecule has 1 N–H and O–H groups in total. The molecule has 1 aromatic heterocycles. The number of aryl methyl sites for hydroxylation is 1. The normalized spacial score (nSPS) is 10.8. The van der Waals surface area contributed by atoms with E-state index in [1.807, 2.05) is 11.6 Å². The number of aromatic carboxylic acids is 1. The van der Waals surface area contributed by atoms with E-state index in [-0.39, 0.29) is 11.3 Å². The van der Waals surface area contributed by atoms with Crippen LogP contribution in [0.1, 0.15) is 23.7 Å². The third-order valence-electron chi connectivity index (χ3n) is 2.77. The summed E-state index contributed by atoms with van der Waals surface area (Å²) in [6.07, 6.45) is 0.508. The van der Waals surface area contributed by atoms with Gasteiger partial charge in [-0.25, -0.2) is 9.78 Å². The van der Waals surface area contributed by atoms with Crippen molar-refractivity contribution in [3.05, 3.63) is 23.8 Å². The van der Waals surface area contributed by atoms with Crippen molar-refractivity contribution in [2.24, 2.45) is 7.05 Å². The number of thioether (sulfide) groups is 1. The monoisotopic (exact) mass is 278 g/mol. The molecule has 0 saturated heterocycles. The van der Waals surface area contributed by atoms with Gasteiger partial charge in [-0.2, -0.15) is 0 Å². The van der Waals surface area contributed by atoms with Crippen LogP contribution in [-0.4, -0.2) is 32.2 Å². The number of benzene rings is 1.